The minimum atomic E-state index is -3.72. The molecule has 1 aromatic carbocycles. The first-order valence-electron chi connectivity index (χ1n) is 34.5. The number of aromatic amines is 1. The first-order chi connectivity index (χ1) is 46.5. The van der Waals surface area contributed by atoms with Crippen LogP contribution in [0.2, 0.25) is 36.3 Å². The van der Waals surface area contributed by atoms with Gasteiger partial charge in [-0.3, -0.25) is 33.2 Å². The molecule has 0 saturated carbocycles. The molecule has 4 aliphatic heterocycles. The highest BCUT2D eigenvalue weighted by atomic mass is 35.7. The molecule has 6 N–H and O–H groups in total. The Morgan fingerprint density at radius 3 is 1.31 bits per heavy atom. The van der Waals surface area contributed by atoms with Crippen molar-refractivity contribution in [3.8, 4) is 0 Å². The number of halogens is 1. The average molecular weight is 1590 g/mol. The summed E-state index contributed by atoms with van der Waals surface area (Å²) >= 11 is 8.25. The van der Waals surface area contributed by atoms with Crippen LogP contribution in [0.15, 0.2) is 73.0 Å². The van der Waals surface area contributed by atoms with E-state index in [1.54, 1.807) is 12.3 Å². The SMILES string of the molecule is C.C1CCOC1.CC.CC.CC(C)c1cc(C(C)C)c(S(=O)(=O)Cl)c(C(C)C)c1.CC[C@H]1O[C@@H](n2ccc(=O)[nH]c2=O)C(O[Si](C)(C)C(C)(C)C)[C@H]1C.CC[C@H]1O[C@@H](n2ccc(NOC)nc2=O)C(O[Si](C)(C)C(C)(C)C)[C@H]1C.CONc1ccn([C@@H]2O[C@H](CO)[C@H](O)C2O)c(=O)n1.S.S=S=S. The van der Waals surface area contributed by atoms with Crippen LogP contribution in [-0.4, -0.2) is 146 Å². The lowest BCUT2D eigenvalue weighted by atomic mass is 9.89. The Labute approximate surface area is 634 Å². The van der Waals surface area contributed by atoms with Crippen molar-refractivity contribution in [2.75, 3.05) is 45.0 Å². The van der Waals surface area contributed by atoms with Gasteiger partial charge in [-0.05, 0) is 109 Å². The van der Waals surface area contributed by atoms with E-state index in [1.807, 2.05) is 67.5 Å². The van der Waals surface area contributed by atoms with Gasteiger partial charge in [0.15, 0.2) is 47.0 Å². The third-order valence-electron chi connectivity index (χ3n) is 18.1. The fourth-order valence-corrected chi connectivity index (χ4v) is 14.8. The number of ether oxygens (including phenoxy) is 4. The smallest absolute Gasteiger partial charge is 0.351 e. The predicted molar refractivity (Wildman–Crippen MR) is 427 cm³/mol. The number of aliphatic hydroxyl groups excluding tert-OH is 3. The van der Waals surface area contributed by atoms with Crippen LogP contribution in [-0.2, 0) is 77.8 Å². The zero-order valence-corrected chi connectivity index (χ0v) is 71.6. The Morgan fingerprint density at radius 1 is 0.667 bits per heavy atom. The molecule has 7 heterocycles. The molecule has 0 amide bonds. The number of anilines is 2. The normalized spacial score (nSPS) is 23.0. The summed E-state index contributed by atoms with van der Waals surface area (Å²) in [6.45, 7) is 52.2. The molecule has 102 heavy (non-hydrogen) atoms. The molecule has 0 aliphatic carbocycles. The van der Waals surface area contributed by atoms with E-state index < -0.39 is 86.2 Å². The topological polar surface area (TPSA) is 317 Å². The highest BCUT2D eigenvalue weighted by Crippen LogP contribution is 2.46. The summed E-state index contributed by atoms with van der Waals surface area (Å²) < 4.78 is 63.7. The van der Waals surface area contributed by atoms with E-state index in [-0.39, 0.29) is 90.6 Å². The van der Waals surface area contributed by atoms with Gasteiger partial charge in [0.2, 0.25) is 0 Å². The van der Waals surface area contributed by atoms with E-state index in [2.05, 4.69) is 162 Å². The third-order valence-corrected chi connectivity index (χ3v) is 28.5. The van der Waals surface area contributed by atoms with E-state index in [4.69, 9.17) is 48.4 Å². The Bertz CT molecular complexity index is 3450. The van der Waals surface area contributed by atoms with Crippen LogP contribution < -0.4 is 33.6 Å². The number of aliphatic hydroxyl groups is 3. The molecule has 12 atom stereocenters. The maximum absolute atomic E-state index is 12.5. The predicted octanol–water partition coefficient (Wildman–Crippen LogP) is 12.8. The highest BCUT2D eigenvalue weighted by Gasteiger charge is 2.51. The number of benzene rings is 1. The van der Waals surface area contributed by atoms with Crippen LogP contribution in [0.1, 0.15) is 225 Å². The van der Waals surface area contributed by atoms with Crippen molar-refractivity contribution in [2.45, 2.75) is 292 Å². The molecule has 590 valence electrons. The third kappa shape index (κ3) is 28.9. The highest BCUT2D eigenvalue weighted by molar-refractivity contribution is 8.37. The van der Waals surface area contributed by atoms with E-state index in [1.165, 1.54) is 60.7 Å². The van der Waals surface area contributed by atoms with Gasteiger partial charge in [-0.15, -0.1) is 0 Å². The van der Waals surface area contributed by atoms with Crippen LogP contribution in [0.25, 0.3) is 0 Å². The van der Waals surface area contributed by atoms with Gasteiger partial charge in [0.1, 0.15) is 18.3 Å². The molecule has 0 radical (unpaired) electrons. The molecular formula is C69H127ClN8O17S5Si2. The standard InChI is InChI=1S/C18H33N3O4Si.C17H30N2O4Si.C15H23ClO2S.C10H15N3O6.C4H8O.2C2H6.CH4.S3.H2S/c1-9-13-12(2)15(25-26(7,8)18(3,4)5)16(24-13)21-11-10-14(20-23-6)19-17(21)22;1-8-12-11(2)14(23-24(6,7)17(3,4)5)15(22-12)19-10-9-13(20)18-16(19)21;1-9(2)12-7-13(10(3)4)15(19(16,17)18)14(8-12)11(5)6;1-18-12-6-2-3-13(10(17)11-6)9-8(16)7(15)5(4-14)19-9;1-2-4-5-3-1;2*1-2;;1-3-2;/h10-13,15-16H,9H2,1-8H3,(H,19,20,22);9-12,14-15H,8H2,1-7H3,(H,18,20,21);7-11H,1-6H3;2-3,5,7-9,14-16H,4H2,1H3,(H,11,12,17);1-4H2;2*1-2H3;1H4;;1H2/t12-,13+,15?,16+;11-,12+,14?,15+;;5-,7+,8?,9-;;;;;;/m00.1....../s1. The number of hydrogen-bond donors (Lipinski definition) is 6. The molecule has 4 aliphatic rings. The molecule has 8 rings (SSSR count). The lowest BCUT2D eigenvalue weighted by Crippen LogP contribution is -2.47. The van der Waals surface area contributed by atoms with Crippen molar-refractivity contribution in [2.24, 2.45) is 11.8 Å². The lowest BCUT2D eigenvalue weighted by molar-refractivity contribution is -0.0549. The van der Waals surface area contributed by atoms with Crippen LogP contribution in [0.3, 0.4) is 0 Å². The first kappa shape index (κ1) is 101. The largest absolute Gasteiger partial charge is 0.409 e. The van der Waals surface area contributed by atoms with Crippen molar-refractivity contribution in [3.63, 3.8) is 0 Å². The minimum absolute atomic E-state index is 0. The Kier molecular flexibility index (Phi) is 46.0. The number of H-pyrrole nitrogens is 1. The van der Waals surface area contributed by atoms with Gasteiger partial charge in [0.25, 0.3) is 14.6 Å². The maximum atomic E-state index is 12.5. The summed E-state index contributed by atoms with van der Waals surface area (Å²) in [5, 5.41) is 28.5. The Balaban J connectivity index is 0. The fraction of sp³-hybridized carbons (Fsp3) is 0.739. The summed E-state index contributed by atoms with van der Waals surface area (Å²) in [4.78, 5) is 67.6. The fourth-order valence-electron chi connectivity index (χ4n) is 10.4. The monoisotopic (exact) mass is 1590 g/mol. The summed E-state index contributed by atoms with van der Waals surface area (Å²) in [6.07, 6.45) is 2.91. The molecule has 0 spiro atoms. The van der Waals surface area contributed by atoms with Crippen molar-refractivity contribution in [1.82, 2.24) is 28.7 Å². The maximum Gasteiger partial charge on any atom is 0.351 e. The lowest BCUT2D eigenvalue weighted by Gasteiger charge is -2.40. The number of hydrogen-bond acceptors (Lipinski definition) is 23. The van der Waals surface area contributed by atoms with Crippen molar-refractivity contribution in [1.29, 1.82) is 0 Å². The van der Waals surface area contributed by atoms with Crippen LogP contribution >= 0.6 is 24.2 Å². The minimum Gasteiger partial charge on any atom is -0.409 e. The van der Waals surface area contributed by atoms with E-state index in [0.29, 0.717) is 16.6 Å². The second kappa shape index (κ2) is 46.7. The molecule has 4 aromatic rings. The molecule has 3 aromatic heterocycles. The number of rotatable bonds is 18. The number of nitrogens with zero attached hydrogens (tertiary/aromatic N) is 5. The van der Waals surface area contributed by atoms with Gasteiger partial charge in [0.05, 0.1) is 50.1 Å². The second-order valence-electron chi connectivity index (χ2n) is 28.0. The first-order valence-corrected chi connectivity index (χ1v) is 45.3. The molecule has 25 nitrogen and oxygen atoms in total. The average Bonchev–Trinajstić information content (AvgIpc) is 1.27. The van der Waals surface area contributed by atoms with E-state index in [0.717, 1.165) is 56.2 Å². The molecular weight excluding hydrogens is 1460 g/mol. The van der Waals surface area contributed by atoms with Crippen LogP contribution in [0.4, 0.5) is 11.6 Å². The Hall–Kier alpha value is -3.50. The summed E-state index contributed by atoms with van der Waals surface area (Å²) in [5.74, 6) is 1.56. The molecule has 4 saturated heterocycles. The van der Waals surface area contributed by atoms with Gasteiger partial charge in [0, 0.05) is 91.6 Å². The number of nitrogens with one attached hydrogen (secondary N) is 3. The summed E-state index contributed by atoms with van der Waals surface area (Å²) in [7, 11) is 1.66. The summed E-state index contributed by atoms with van der Waals surface area (Å²) in [5.41, 5.74) is 5.84. The van der Waals surface area contributed by atoms with E-state index in [9.17, 15) is 37.8 Å². The zero-order valence-electron chi connectivity index (χ0n) is 64.5. The van der Waals surface area contributed by atoms with Crippen molar-refractivity contribution >= 4 is 92.8 Å². The molecule has 0 bridgehead atoms. The van der Waals surface area contributed by atoms with Gasteiger partial charge in [-0.2, -0.15) is 23.5 Å². The Morgan fingerprint density at radius 2 is 1.03 bits per heavy atom. The molecule has 33 heteroatoms. The zero-order chi connectivity index (χ0) is 77.2. The molecule has 4 fully saturated rings. The molecule has 3 unspecified atom stereocenters. The van der Waals surface area contributed by atoms with Gasteiger partial charge in [-0.1, -0.05) is 158 Å². The second-order valence-corrected chi connectivity index (χ2v) is 41.8. The summed E-state index contributed by atoms with van der Waals surface area (Å²) in [6, 6.07) is 8.45. The van der Waals surface area contributed by atoms with Crippen molar-refractivity contribution < 1.29 is 61.2 Å². The van der Waals surface area contributed by atoms with Crippen molar-refractivity contribution in [3.05, 3.63) is 107 Å². The van der Waals surface area contributed by atoms with Crippen LogP contribution in [0.5, 0.6) is 0 Å². The van der Waals surface area contributed by atoms with Gasteiger partial charge < -0.3 is 43.1 Å². The quantitative estimate of drug-likeness (QED) is 0.0306. The van der Waals surface area contributed by atoms with E-state index >= 15 is 0 Å². The van der Waals surface area contributed by atoms with Gasteiger partial charge >= 0.3 is 17.1 Å². The van der Waals surface area contributed by atoms with Gasteiger partial charge in [-0.25, -0.2) is 33.8 Å². The number of aromatic nitrogens is 6. The van der Waals surface area contributed by atoms with Crippen LogP contribution in [0, 0.1) is 11.8 Å².